The van der Waals surface area contributed by atoms with Crippen LogP contribution in [0.4, 0.5) is 10.1 Å². The SMILES string of the molecule is N=C1C=C(C(=O)O)C=C/C1=C1/N[C@@H]2[C@H](CO1)N(CC1CC1)[C@@]1(C(=O)Nc3cc(Cl)ccc31)[C@H]2c1cccc(Br)c1F. The van der Waals surface area contributed by atoms with E-state index in [2.05, 4.69) is 31.5 Å². The van der Waals surface area contributed by atoms with E-state index in [0.717, 1.165) is 18.4 Å². The van der Waals surface area contributed by atoms with Crippen LogP contribution < -0.4 is 10.6 Å². The molecule has 11 heteroatoms. The minimum Gasteiger partial charge on any atom is -0.478 e. The number of likely N-dealkylation sites (tertiary alicyclic amines) is 1. The van der Waals surface area contributed by atoms with E-state index in [1.54, 1.807) is 30.3 Å². The van der Waals surface area contributed by atoms with E-state index >= 15 is 4.39 Å². The lowest BCUT2D eigenvalue weighted by molar-refractivity contribution is -0.132. The number of carboxylic acids is 1. The van der Waals surface area contributed by atoms with Gasteiger partial charge in [0.25, 0.3) is 0 Å². The van der Waals surface area contributed by atoms with E-state index in [1.807, 2.05) is 6.07 Å². The maximum atomic E-state index is 16.1. The van der Waals surface area contributed by atoms with Gasteiger partial charge in [0.1, 0.15) is 18.0 Å². The predicted octanol–water partition coefficient (Wildman–Crippen LogP) is 5.07. The first-order valence-corrected chi connectivity index (χ1v) is 14.5. The number of halogens is 3. The summed E-state index contributed by atoms with van der Waals surface area (Å²) in [7, 11) is 0. The third kappa shape index (κ3) is 3.99. The predicted molar refractivity (Wildman–Crippen MR) is 154 cm³/mol. The van der Waals surface area contributed by atoms with Gasteiger partial charge in [-0.15, -0.1) is 0 Å². The zero-order valence-electron chi connectivity index (χ0n) is 21.6. The number of nitrogens with zero attached hydrogens (tertiary/aromatic N) is 1. The molecule has 0 bridgehead atoms. The monoisotopic (exact) mass is 638 g/mol. The van der Waals surface area contributed by atoms with Crippen LogP contribution in [0.3, 0.4) is 0 Å². The molecular weight excluding hydrogens is 615 g/mol. The standard InChI is InChI=1S/C30H25BrClFN4O4/c31-20-3-1-2-18(25(20)33)24-26-23(13-41-27(36-26)17-8-6-15(28(38)39)10-21(17)34)37(12-14-4-5-14)30(24)19-9-7-16(32)11-22(19)35-29(30)40/h1-3,6-11,14,23-24,26,34,36H,4-5,12-13H2,(H,35,40)(H,38,39)/b27-17+,34-21?/t23-,24-,26+,30+/m0/s1. The topological polar surface area (TPSA) is 115 Å². The third-order valence-corrected chi connectivity index (χ3v) is 9.59. The number of carbonyl (C=O) groups is 2. The second kappa shape index (κ2) is 9.54. The quantitative estimate of drug-likeness (QED) is 0.372. The summed E-state index contributed by atoms with van der Waals surface area (Å²) in [4.78, 5) is 28.0. The number of nitrogens with one attached hydrogen (secondary N) is 3. The first-order valence-electron chi connectivity index (χ1n) is 13.4. The Morgan fingerprint density at radius 2 is 2.07 bits per heavy atom. The molecule has 3 heterocycles. The van der Waals surface area contributed by atoms with Crippen LogP contribution in [0.25, 0.3) is 0 Å². The van der Waals surface area contributed by atoms with Gasteiger partial charge in [-0.2, -0.15) is 0 Å². The fourth-order valence-electron chi connectivity index (χ4n) is 6.81. The van der Waals surface area contributed by atoms with Crippen molar-refractivity contribution in [3.8, 4) is 0 Å². The van der Waals surface area contributed by atoms with Crippen molar-refractivity contribution >= 4 is 50.8 Å². The van der Waals surface area contributed by atoms with E-state index in [-0.39, 0.29) is 29.8 Å². The van der Waals surface area contributed by atoms with Crippen LogP contribution in [0, 0.1) is 17.1 Å². The smallest absolute Gasteiger partial charge is 0.335 e. The van der Waals surface area contributed by atoms with Gasteiger partial charge in [-0.1, -0.05) is 29.8 Å². The first kappa shape index (κ1) is 26.4. The molecule has 1 amide bonds. The van der Waals surface area contributed by atoms with E-state index < -0.39 is 29.3 Å². The maximum absolute atomic E-state index is 16.1. The lowest BCUT2D eigenvalue weighted by atomic mass is 9.73. The van der Waals surface area contributed by atoms with Crippen molar-refractivity contribution in [3.05, 3.63) is 98.1 Å². The summed E-state index contributed by atoms with van der Waals surface area (Å²) < 4.78 is 22.6. The number of ether oxygens (including phenoxy) is 1. The van der Waals surface area contributed by atoms with E-state index in [9.17, 15) is 14.7 Å². The van der Waals surface area contributed by atoms with E-state index in [4.69, 9.17) is 21.7 Å². The van der Waals surface area contributed by atoms with Crippen molar-refractivity contribution in [2.45, 2.75) is 36.4 Å². The molecule has 5 aliphatic rings. The molecule has 3 fully saturated rings. The van der Waals surface area contributed by atoms with Crippen molar-refractivity contribution in [2.24, 2.45) is 5.92 Å². The largest absolute Gasteiger partial charge is 0.478 e. The molecular formula is C30H25BrClFN4O4. The molecule has 2 aromatic carbocycles. The van der Waals surface area contributed by atoms with E-state index in [1.165, 1.54) is 18.2 Å². The number of amides is 1. The second-order valence-electron chi connectivity index (χ2n) is 11.1. The van der Waals surface area contributed by atoms with Gasteiger partial charge in [-0.05, 0) is 76.7 Å². The summed E-state index contributed by atoms with van der Waals surface area (Å²) in [5.41, 5.74) is 0.841. The van der Waals surface area contributed by atoms with Crippen LogP contribution in [0.2, 0.25) is 5.02 Å². The number of benzene rings is 2. The number of carboxylic acid groups (broad SMARTS) is 1. The Morgan fingerprint density at radius 1 is 1.27 bits per heavy atom. The van der Waals surface area contributed by atoms with Gasteiger partial charge in [0, 0.05) is 28.7 Å². The van der Waals surface area contributed by atoms with Crippen molar-refractivity contribution < 1.29 is 23.8 Å². The van der Waals surface area contributed by atoms with Crippen molar-refractivity contribution in [2.75, 3.05) is 18.5 Å². The normalized spacial score (nSPS) is 30.4. The molecule has 2 saturated heterocycles. The Labute approximate surface area is 248 Å². The molecule has 4 N–H and O–H groups in total. The van der Waals surface area contributed by atoms with Gasteiger partial charge in [0.05, 0.1) is 33.4 Å². The fraction of sp³-hybridized carbons (Fsp3) is 0.300. The molecule has 0 radical (unpaired) electrons. The Morgan fingerprint density at radius 3 is 2.80 bits per heavy atom. The summed E-state index contributed by atoms with van der Waals surface area (Å²) in [6.07, 6.45) is 6.34. The van der Waals surface area contributed by atoms with Crippen molar-refractivity contribution in [3.63, 3.8) is 0 Å². The van der Waals surface area contributed by atoms with Crippen LogP contribution in [0.5, 0.6) is 0 Å². The molecule has 0 aromatic heterocycles. The fourth-order valence-corrected chi connectivity index (χ4v) is 7.36. The molecule has 4 atom stereocenters. The summed E-state index contributed by atoms with van der Waals surface area (Å²) in [5.74, 6) is -1.79. The molecule has 41 heavy (non-hydrogen) atoms. The number of aliphatic carboxylic acids is 1. The van der Waals surface area contributed by atoms with E-state index in [0.29, 0.717) is 44.7 Å². The van der Waals surface area contributed by atoms with Gasteiger partial charge in [0.15, 0.2) is 5.88 Å². The Kier molecular flexibility index (Phi) is 6.15. The van der Waals surface area contributed by atoms with Crippen molar-refractivity contribution in [1.29, 1.82) is 5.41 Å². The van der Waals surface area contributed by atoms with Crippen LogP contribution in [-0.4, -0.2) is 52.8 Å². The van der Waals surface area contributed by atoms with Crippen molar-refractivity contribution in [1.82, 2.24) is 10.2 Å². The molecule has 210 valence electrons. The third-order valence-electron chi connectivity index (χ3n) is 8.74. The number of hydrogen-bond acceptors (Lipinski definition) is 6. The average molecular weight is 640 g/mol. The number of rotatable bonds is 4. The Hall–Kier alpha value is -3.47. The summed E-state index contributed by atoms with van der Waals surface area (Å²) in [6, 6.07) is 9.68. The molecule has 7 rings (SSSR count). The van der Waals surface area contributed by atoms with Crippen LogP contribution in [0.1, 0.15) is 29.9 Å². The molecule has 2 aromatic rings. The minimum atomic E-state index is -1.25. The molecule has 8 nitrogen and oxygen atoms in total. The number of fused-ring (bicyclic) bond motifs is 3. The van der Waals surface area contributed by atoms with Crippen LogP contribution in [0.15, 0.2) is 76.1 Å². The maximum Gasteiger partial charge on any atom is 0.335 e. The highest BCUT2D eigenvalue weighted by Gasteiger charge is 2.68. The number of carbonyl (C=O) groups excluding carboxylic acids is 1. The zero-order valence-corrected chi connectivity index (χ0v) is 23.9. The zero-order chi connectivity index (χ0) is 28.6. The first-order chi connectivity index (χ1) is 19.7. The molecule has 2 aliphatic carbocycles. The van der Waals surface area contributed by atoms with Crippen LogP contribution >= 0.6 is 27.5 Å². The number of anilines is 1. The molecule has 1 saturated carbocycles. The average Bonchev–Trinajstić information content (AvgIpc) is 3.66. The Balaban J connectivity index is 1.42. The van der Waals surface area contributed by atoms with Gasteiger partial charge in [0.2, 0.25) is 5.91 Å². The van der Waals surface area contributed by atoms with Crippen LogP contribution in [-0.2, 0) is 19.9 Å². The second-order valence-corrected chi connectivity index (χ2v) is 12.4. The van der Waals surface area contributed by atoms with Gasteiger partial charge in [-0.25, -0.2) is 9.18 Å². The highest BCUT2D eigenvalue weighted by molar-refractivity contribution is 9.10. The number of allylic oxidation sites excluding steroid dienone is 3. The highest BCUT2D eigenvalue weighted by Crippen LogP contribution is 2.59. The lowest BCUT2D eigenvalue weighted by Gasteiger charge is -2.39. The molecule has 1 spiro atoms. The lowest BCUT2D eigenvalue weighted by Crippen LogP contribution is -2.54. The van der Waals surface area contributed by atoms with Gasteiger partial charge < -0.3 is 25.9 Å². The summed E-state index contributed by atoms with van der Waals surface area (Å²) in [6.45, 7) is 0.837. The Bertz CT molecular complexity index is 1640. The highest BCUT2D eigenvalue weighted by atomic mass is 79.9. The summed E-state index contributed by atoms with van der Waals surface area (Å²) in [5, 5.41) is 24.8. The molecule has 0 unspecified atom stereocenters. The number of hydrogen-bond donors (Lipinski definition) is 4. The summed E-state index contributed by atoms with van der Waals surface area (Å²) >= 11 is 9.68. The molecule has 3 aliphatic heterocycles. The van der Waals surface area contributed by atoms with Gasteiger partial charge >= 0.3 is 5.97 Å². The van der Waals surface area contributed by atoms with Gasteiger partial charge in [-0.3, -0.25) is 9.69 Å². The minimum absolute atomic E-state index is 0.00422.